The predicted octanol–water partition coefficient (Wildman–Crippen LogP) is -0.214. The zero-order chi connectivity index (χ0) is 13.1. The van der Waals surface area contributed by atoms with Crippen LogP contribution in [0.4, 0.5) is 0 Å². The highest BCUT2D eigenvalue weighted by Gasteiger charge is 2.25. The number of hydrogen-bond donors (Lipinski definition) is 0. The molecule has 1 aliphatic rings. The third-order valence-electron chi connectivity index (χ3n) is 2.71. The lowest BCUT2D eigenvalue weighted by atomic mass is 10.2. The van der Waals surface area contributed by atoms with Crippen LogP contribution in [0.3, 0.4) is 0 Å². The third kappa shape index (κ3) is 2.84. The fourth-order valence-corrected chi connectivity index (χ4v) is 2.04. The number of morpholine rings is 1. The standard InChI is InChI=1S/C11H15N5O2/c1-8-4-15(5-9(2)18-8)11(17)6-16-7-13-10(3-12)14-16/h7-9H,4-6H2,1-2H3/t8-,9+. The summed E-state index contributed by atoms with van der Waals surface area (Å²) in [6.07, 6.45) is 1.48. The smallest absolute Gasteiger partial charge is 0.252 e. The maximum atomic E-state index is 12.1. The Morgan fingerprint density at radius 3 is 2.78 bits per heavy atom. The number of nitriles is 1. The second kappa shape index (κ2) is 5.14. The highest BCUT2D eigenvalue weighted by atomic mass is 16.5. The minimum atomic E-state index is -0.0358. The van der Waals surface area contributed by atoms with Crippen molar-refractivity contribution in [3.63, 3.8) is 0 Å². The van der Waals surface area contributed by atoms with Gasteiger partial charge in [0.15, 0.2) is 0 Å². The van der Waals surface area contributed by atoms with Crippen LogP contribution in [0.2, 0.25) is 0 Å². The molecule has 2 atom stereocenters. The average Bonchev–Trinajstić information content (AvgIpc) is 2.75. The van der Waals surface area contributed by atoms with Gasteiger partial charge in [-0.3, -0.25) is 4.79 Å². The fraction of sp³-hybridized carbons (Fsp3) is 0.636. The summed E-state index contributed by atoms with van der Waals surface area (Å²) < 4.78 is 6.95. The van der Waals surface area contributed by atoms with E-state index in [0.717, 1.165) is 0 Å². The van der Waals surface area contributed by atoms with Gasteiger partial charge in [-0.25, -0.2) is 9.67 Å². The monoisotopic (exact) mass is 249 g/mol. The van der Waals surface area contributed by atoms with Crippen LogP contribution in [-0.2, 0) is 16.1 Å². The first-order valence-corrected chi connectivity index (χ1v) is 5.81. The van der Waals surface area contributed by atoms with Crippen LogP contribution in [-0.4, -0.2) is 50.9 Å². The Hall–Kier alpha value is -1.94. The molecule has 0 radical (unpaired) electrons. The van der Waals surface area contributed by atoms with Gasteiger partial charge in [0.05, 0.1) is 12.2 Å². The zero-order valence-electron chi connectivity index (χ0n) is 10.4. The molecule has 0 spiro atoms. The minimum absolute atomic E-state index is 0.0358. The van der Waals surface area contributed by atoms with Crippen LogP contribution < -0.4 is 0 Å². The van der Waals surface area contributed by atoms with Crippen molar-refractivity contribution in [1.29, 1.82) is 5.26 Å². The Morgan fingerprint density at radius 2 is 2.22 bits per heavy atom. The molecule has 7 nitrogen and oxygen atoms in total. The molecule has 0 aliphatic carbocycles. The van der Waals surface area contributed by atoms with Crippen LogP contribution in [0, 0.1) is 11.3 Å². The number of carbonyl (C=O) groups is 1. The van der Waals surface area contributed by atoms with E-state index < -0.39 is 0 Å². The number of nitrogens with zero attached hydrogens (tertiary/aromatic N) is 5. The minimum Gasteiger partial charge on any atom is -0.372 e. The molecule has 1 aromatic heterocycles. The maximum Gasteiger partial charge on any atom is 0.252 e. The number of carbonyl (C=O) groups excluding carboxylic acids is 1. The van der Waals surface area contributed by atoms with Crippen LogP contribution >= 0.6 is 0 Å². The fourth-order valence-electron chi connectivity index (χ4n) is 2.04. The Morgan fingerprint density at radius 1 is 1.56 bits per heavy atom. The number of rotatable bonds is 2. The van der Waals surface area contributed by atoms with Crippen molar-refractivity contribution >= 4 is 5.91 Å². The van der Waals surface area contributed by atoms with Gasteiger partial charge in [0.2, 0.25) is 5.91 Å². The summed E-state index contributed by atoms with van der Waals surface area (Å²) in [6.45, 7) is 5.17. The van der Waals surface area contributed by atoms with Gasteiger partial charge in [-0.2, -0.15) is 5.26 Å². The van der Waals surface area contributed by atoms with Crippen molar-refractivity contribution in [2.24, 2.45) is 0 Å². The Bertz CT molecular complexity index is 468. The van der Waals surface area contributed by atoms with Crippen molar-refractivity contribution in [3.05, 3.63) is 12.2 Å². The van der Waals surface area contributed by atoms with Gasteiger partial charge in [-0.15, -0.1) is 5.10 Å². The molecule has 96 valence electrons. The molecule has 18 heavy (non-hydrogen) atoms. The lowest BCUT2D eigenvalue weighted by Crippen LogP contribution is -2.49. The van der Waals surface area contributed by atoms with Gasteiger partial charge in [0.1, 0.15) is 18.9 Å². The van der Waals surface area contributed by atoms with Crippen molar-refractivity contribution in [3.8, 4) is 6.07 Å². The first-order chi connectivity index (χ1) is 8.58. The average molecular weight is 249 g/mol. The van der Waals surface area contributed by atoms with E-state index in [-0.39, 0.29) is 30.5 Å². The largest absolute Gasteiger partial charge is 0.372 e. The molecule has 0 aromatic carbocycles. The van der Waals surface area contributed by atoms with Crippen LogP contribution in [0.5, 0.6) is 0 Å². The van der Waals surface area contributed by atoms with E-state index in [1.165, 1.54) is 11.0 Å². The molecular weight excluding hydrogens is 234 g/mol. The molecule has 1 aliphatic heterocycles. The molecule has 1 saturated heterocycles. The Balaban J connectivity index is 1.97. The molecule has 2 rings (SSSR count). The van der Waals surface area contributed by atoms with Crippen LogP contribution in [0.1, 0.15) is 19.7 Å². The lowest BCUT2D eigenvalue weighted by molar-refractivity contribution is -0.144. The third-order valence-corrected chi connectivity index (χ3v) is 2.71. The van der Waals surface area contributed by atoms with E-state index in [9.17, 15) is 4.79 Å². The summed E-state index contributed by atoms with van der Waals surface area (Å²) in [7, 11) is 0. The van der Waals surface area contributed by atoms with Crippen molar-refractivity contribution in [1.82, 2.24) is 19.7 Å². The maximum absolute atomic E-state index is 12.1. The zero-order valence-corrected chi connectivity index (χ0v) is 10.4. The number of ether oxygens (including phenoxy) is 1. The van der Waals surface area contributed by atoms with Gasteiger partial charge in [0.25, 0.3) is 5.82 Å². The predicted molar refractivity (Wildman–Crippen MR) is 61.3 cm³/mol. The molecule has 1 fully saturated rings. The molecule has 0 N–H and O–H groups in total. The molecule has 2 heterocycles. The van der Waals surface area contributed by atoms with Crippen molar-refractivity contribution in [2.45, 2.75) is 32.6 Å². The molecule has 0 saturated carbocycles. The second-order valence-corrected chi connectivity index (χ2v) is 4.43. The van der Waals surface area contributed by atoms with Crippen molar-refractivity contribution in [2.75, 3.05) is 13.1 Å². The summed E-state index contributed by atoms with van der Waals surface area (Å²) in [5.74, 6) is 0.0397. The van der Waals surface area contributed by atoms with Gasteiger partial charge in [-0.1, -0.05) is 0 Å². The van der Waals surface area contributed by atoms with Crippen LogP contribution in [0.25, 0.3) is 0 Å². The molecule has 0 unspecified atom stereocenters. The Labute approximate surface area is 105 Å². The van der Waals surface area contributed by atoms with Gasteiger partial charge in [0, 0.05) is 13.1 Å². The first kappa shape index (κ1) is 12.5. The summed E-state index contributed by atoms with van der Waals surface area (Å²) in [5, 5.41) is 12.5. The van der Waals surface area contributed by atoms with E-state index in [1.807, 2.05) is 19.9 Å². The van der Waals surface area contributed by atoms with Gasteiger partial charge < -0.3 is 9.64 Å². The van der Waals surface area contributed by atoms with Gasteiger partial charge >= 0.3 is 0 Å². The van der Waals surface area contributed by atoms with Crippen molar-refractivity contribution < 1.29 is 9.53 Å². The summed E-state index contributed by atoms with van der Waals surface area (Å²) in [6, 6.07) is 1.83. The van der Waals surface area contributed by atoms with Gasteiger partial charge in [-0.05, 0) is 13.8 Å². The van der Waals surface area contributed by atoms with E-state index in [2.05, 4.69) is 10.1 Å². The van der Waals surface area contributed by atoms with E-state index in [4.69, 9.17) is 10.00 Å². The second-order valence-electron chi connectivity index (χ2n) is 4.43. The summed E-state index contributed by atoms with van der Waals surface area (Å²) >= 11 is 0. The highest BCUT2D eigenvalue weighted by Crippen LogP contribution is 2.11. The number of amides is 1. The topological polar surface area (TPSA) is 84.0 Å². The Kier molecular flexibility index (Phi) is 3.58. The van der Waals surface area contributed by atoms with E-state index in [0.29, 0.717) is 13.1 Å². The first-order valence-electron chi connectivity index (χ1n) is 5.81. The van der Waals surface area contributed by atoms with Crippen LogP contribution in [0.15, 0.2) is 6.33 Å². The molecule has 7 heteroatoms. The SMILES string of the molecule is C[C@@H]1CN(C(=O)Cn2cnc(C#N)n2)C[C@H](C)O1. The molecule has 0 bridgehead atoms. The molecule has 1 aromatic rings. The quantitative estimate of drug-likeness (QED) is 0.723. The highest BCUT2D eigenvalue weighted by molar-refractivity contribution is 5.76. The normalized spacial score (nSPS) is 23.7. The van der Waals surface area contributed by atoms with E-state index in [1.54, 1.807) is 4.90 Å². The molecule has 1 amide bonds. The molecular formula is C11H15N5O2. The number of aromatic nitrogens is 3. The van der Waals surface area contributed by atoms with E-state index >= 15 is 0 Å². The summed E-state index contributed by atoms with van der Waals surface area (Å²) in [4.78, 5) is 17.6. The number of hydrogen-bond acceptors (Lipinski definition) is 5. The summed E-state index contributed by atoms with van der Waals surface area (Å²) in [5.41, 5.74) is 0. The lowest BCUT2D eigenvalue weighted by Gasteiger charge is -2.35.